The molecule has 1 heterocycles. The molecule has 0 N–H and O–H groups in total. The van der Waals surface area contributed by atoms with E-state index in [1.165, 1.54) is 35.6 Å². The zero-order valence-electron chi connectivity index (χ0n) is 18.5. The molecule has 0 aliphatic heterocycles. The van der Waals surface area contributed by atoms with Crippen LogP contribution in [-0.4, -0.2) is 31.4 Å². The van der Waals surface area contributed by atoms with Crippen LogP contribution in [0.4, 0.5) is 5.69 Å². The van der Waals surface area contributed by atoms with Gasteiger partial charge in [-0.25, -0.2) is 23.2 Å². The number of nitrogens with zero attached hydrogens (tertiary/aromatic N) is 3. The van der Waals surface area contributed by atoms with Crippen molar-refractivity contribution in [2.45, 2.75) is 25.3 Å². The number of anilines is 1. The lowest BCUT2D eigenvalue weighted by Gasteiger charge is -2.20. The molecule has 8 heteroatoms. The Hall–Kier alpha value is -3.78. The SMILES string of the molecule is Cc1ccc(N(C)S(=O)(=O)c2cccc(C(=O)OCc3nc4ccccc4nc3C)c2)cc1. The fourth-order valence-corrected chi connectivity index (χ4v) is 4.56. The average molecular weight is 462 g/mol. The largest absolute Gasteiger partial charge is 0.456 e. The molecule has 0 aliphatic carbocycles. The van der Waals surface area contributed by atoms with E-state index in [0.29, 0.717) is 22.6 Å². The number of carbonyl (C=O) groups excluding carboxylic acids is 1. The Labute approximate surface area is 192 Å². The number of hydrogen-bond donors (Lipinski definition) is 0. The first-order valence-corrected chi connectivity index (χ1v) is 11.7. The molecule has 0 fully saturated rings. The van der Waals surface area contributed by atoms with Gasteiger partial charge in [0.2, 0.25) is 0 Å². The van der Waals surface area contributed by atoms with E-state index in [1.54, 1.807) is 19.1 Å². The van der Waals surface area contributed by atoms with Crippen molar-refractivity contribution in [3.05, 3.63) is 95.3 Å². The topological polar surface area (TPSA) is 89.5 Å². The minimum absolute atomic E-state index is 0.00158. The molecule has 168 valence electrons. The first kappa shape index (κ1) is 22.4. The number of rotatable bonds is 6. The van der Waals surface area contributed by atoms with Gasteiger partial charge in [-0.2, -0.15) is 0 Å². The molecule has 0 saturated heterocycles. The van der Waals surface area contributed by atoms with Crippen molar-refractivity contribution in [3.8, 4) is 0 Å². The van der Waals surface area contributed by atoms with E-state index in [9.17, 15) is 13.2 Å². The molecule has 0 aliphatic rings. The van der Waals surface area contributed by atoms with Gasteiger partial charge in [0.25, 0.3) is 10.0 Å². The van der Waals surface area contributed by atoms with Gasteiger partial charge in [0.1, 0.15) is 6.61 Å². The van der Waals surface area contributed by atoms with E-state index in [4.69, 9.17) is 4.74 Å². The minimum atomic E-state index is -3.86. The molecular weight excluding hydrogens is 438 g/mol. The van der Waals surface area contributed by atoms with E-state index in [1.807, 2.05) is 43.3 Å². The number of para-hydroxylation sites is 2. The summed E-state index contributed by atoms with van der Waals surface area (Å²) < 4.78 is 32.8. The number of ether oxygens (including phenoxy) is 1. The van der Waals surface area contributed by atoms with Crippen LogP contribution in [0.5, 0.6) is 0 Å². The van der Waals surface area contributed by atoms with Gasteiger partial charge in [-0.15, -0.1) is 0 Å². The van der Waals surface area contributed by atoms with Gasteiger partial charge in [-0.3, -0.25) is 4.31 Å². The number of carbonyl (C=O) groups is 1. The zero-order chi connectivity index (χ0) is 23.6. The Morgan fingerprint density at radius 2 is 1.58 bits per heavy atom. The van der Waals surface area contributed by atoms with Crippen molar-refractivity contribution < 1.29 is 17.9 Å². The fourth-order valence-electron chi connectivity index (χ4n) is 3.31. The third-order valence-corrected chi connectivity index (χ3v) is 7.09. The molecule has 0 radical (unpaired) electrons. The van der Waals surface area contributed by atoms with E-state index in [2.05, 4.69) is 9.97 Å². The molecule has 0 spiro atoms. The van der Waals surface area contributed by atoms with Crippen molar-refractivity contribution in [1.82, 2.24) is 9.97 Å². The highest BCUT2D eigenvalue weighted by atomic mass is 32.2. The van der Waals surface area contributed by atoms with Crippen LogP contribution in [-0.2, 0) is 21.4 Å². The standard InChI is InChI=1S/C25H23N3O4S/c1-17-11-13-20(14-12-17)28(3)33(30,31)21-8-6-7-19(15-21)25(29)32-16-24-18(2)26-22-9-4-5-10-23(22)27-24/h4-15H,16H2,1-3H3. The van der Waals surface area contributed by atoms with Gasteiger partial charge in [-0.1, -0.05) is 35.9 Å². The minimum Gasteiger partial charge on any atom is -0.456 e. The molecule has 0 atom stereocenters. The summed E-state index contributed by atoms with van der Waals surface area (Å²) >= 11 is 0. The first-order chi connectivity index (χ1) is 15.8. The maximum absolute atomic E-state index is 13.1. The summed E-state index contributed by atoms with van der Waals surface area (Å²) in [5.41, 5.74) is 4.38. The molecular formula is C25H23N3O4S. The summed E-state index contributed by atoms with van der Waals surface area (Å²) in [4.78, 5) is 21.7. The lowest BCUT2D eigenvalue weighted by Crippen LogP contribution is -2.26. The summed E-state index contributed by atoms with van der Waals surface area (Å²) in [6.07, 6.45) is 0. The molecule has 0 amide bonds. The van der Waals surface area contributed by atoms with Gasteiger partial charge in [-0.05, 0) is 56.3 Å². The van der Waals surface area contributed by atoms with Crippen molar-refractivity contribution in [3.63, 3.8) is 0 Å². The van der Waals surface area contributed by atoms with E-state index in [-0.39, 0.29) is 17.1 Å². The lowest BCUT2D eigenvalue weighted by molar-refractivity contribution is 0.0466. The summed E-state index contributed by atoms with van der Waals surface area (Å²) in [5.74, 6) is -0.639. The lowest BCUT2D eigenvalue weighted by atomic mass is 10.2. The number of aryl methyl sites for hydroxylation is 2. The van der Waals surface area contributed by atoms with Crippen molar-refractivity contribution in [1.29, 1.82) is 0 Å². The van der Waals surface area contributed by atoms with E-state index >= 15 is 0 Å². The average Bonchev–Trinajstić information content (AvgIpc) is 2.82. The van der Waals surface area contributed by atoms with Crippen molar-refractivity contribution in [2.75, 3.05) is 11.4 Å². The number of benzene rings is 3. The highest BCUT2D eigenvalue weighted by Gasteiger charge is 2.23. The van der Waals surface area contributed by atoms with Crippen molar-refractivity contribution >= 4 is 32.7 Å². The Kier molecular flexibility index (Phi) is 6.11. The van der Waals surface area contributed by atoms with Crippen LogP contribution in [0.2, 0.25) is 0 Å². The third-order valence-electron chi connectivity index (χ3n) is 5.31. The van der Waals surface area contributed by atoms with Crippen LogP contribution in [0.3, 0.4) is 0 Å². The number of fused-ring (bicyclic) bond motifs is 1. The fraction of sp³-hybridized carbons (Fsp3) is 0.160. The monoisotopic (exact) mass is 461 g/mol. The third kappa shape index (κ3) is 4.70. The maximum Gasteiger partial charge on any atom is 0.338 e. The predicted octanol–water partition coefficient (Wildman–Crippen LogP) is 4.43. The molecule has 0 bridgehead atoms. The number of sulfonamides is 1. The molecule has 1 aromatic heterocycles. The normalized spacial score (nSPS) is 11.4. The second-order valence-corrected chi connectivity index (χ2v) is 9.63. The number of aromatic nitrogens is 2. The maximum atomic E-state index is 13.1. The molecule has 33 heavy (non-hydrogen) atoms. The van der Waals surface area contributed by atoms with Crippen LogP contribution in [0.1, 0.15) is 27.3 Å². The molecule has 0 saturated carbocycles. The van der Waals surface area contributed by atoms with Gasteiger partial charge in [0, 0.05) is 7.05 Å². The van der Waals surface area contributed by atoms with E-state index < -0.39 is 16.0 Å². The van der Waals surface area contributed by atoms with Gasteiger partial charge < -0.3 is 4.74 Å². The van der Waals surface area contributed by atoms with Gasteiger partial charge in [0.15, 0.2) is 0 Å². The van der Waals surface area contributed by atoms with Crippen LogP contribution in [0.25, 0.3) is 11.0 Å². The van der Waals surface area contributed by atoms with Crippen LogP contribution >= 0.6 is 0 Å². The van der Waals surface area contributed by atoms with Crippen LogP contribution in [0, 0.1) is 13.8 Å². The molecule has 4 aromatic rings. The highest BCUT2D eigenvalue weighted by molar-refractivity contribution is 7.92. The molecule has 7 nitrogen and oxygen atoms in total. The molecule has 4 rings (SSSR count). The Morgan fingerprint density at radius 3 is 2.27 bits per heavy atom. The summed E-state index contributed by atoms with van der Waals surface area (Å²) in [7, 11) is -2.38. The smallest absolute Gasteiger partial charge is 0.338 e. The second kappa shape index (κ2) is 8.99. The summed E-state index contributed by atoms with van der Waals surface area (Å²) in [5, 5.41) is 0. The Bertz CT molecular complexity index is 1430. The number of esters is 1. The Balaban J connectivity index is 1.53. The van der Waals surface area contributed by atoms with E-state index in [0.717, 1.165) is 11.1 Å². The zero-order valence-corrected chi connectivity index (χ0v) is 19.3. The molecule has 0 unspecified atom stereocenters. The predicted molar refractivity (Wildman–Crippen MR) is 127 cm³/mol. The van der Waals surface area contributed by atoms with Gasteiger partial charge >= 0.3 is 5.97 Å². The van der Waals surface area contributed by atoms with Crippen LogP contribution in [0.15, 0.2) is 77.7 Å². The Morgan fingerprint density at radius 1 is 0.909 bits per heavy atom. The number of hydrogen-bond acceptors (Lipinski definition) is 6. The molecule has 3 aromatic carbocycles. The van der Waals surface area contributed by atoms with Crippen LogP contribution < -0.4 is 4.31 Å². The van der Waals surface area contributed by atoms with Gasteiger partial charge in [0.05, 0.1) is 38.6 Å². The highest BCUT2D eigenvalue weighted by Crippen LogP contribution is 2.23. The quantitative estimate of drug-likeness (QED) is 0.395. The summed E-state index contributed by atoms with van der Waals surface area (Å²) in [6.45, 7) is 3.66. The van der Waals surface area contributed by atoms with Crippen molar-refractivity contribution in [2.24, 2.45) is 0 Å². The first-order valence-electron chi connectivity index (χ1n) is 10.3. The summed E-state index contributed by atoms with van der Waals surface area (Å²) in [6, 6.07) is 20.4. The second-order valence-electron chi connectivity index (χ2n) is 7.66.